The van der Waals surface area contributed by atoms with Gasteiger partial charge in [-0.25, -0.2) is 8.78 Å². The third kappa shape index (κ3) is 5.76. The van der Waals surface area contributed by atoms with E-state index < -0.39 is 6.17 Å². The van der Waals surface area contributed by atoms with E-state index in [0.29, 0.717) is 37.4 Å². The second-order valence-electron chi connectivity index (χ2n) is 7.72. The number of nitrogens with zero attached hydrogens (tertiary/aromatic N) is 2. The Balaban J connectivity index is 0.000000290. The van der Waals surface area contributed by atoms with E-state index in [2.05, 4.69) is 0 Å². The van der Waals surface area contributed by atoms with Gasteiger partial charge in [0.25, 0.3) is 0 Å². The molecule has 1 amide bonds. The van der Waals surface area contributed by atoms with Crippen LogP contribution in [-0.4, -0.2) is 52.7 Å². The standard InChI is InChI=1S/C17H22F2N2O.C6H6O/c1-12-4-5-13(9-15(12)19)10-21-8-6-16(17(21)22)20-7-2-3-14(18)11-20;7-6-4-2-1-3-5-6/h4-5,9,14,16H,2-3,6-8,10-11H2,1H3;1-5,7H. The highest BCUT2D eigenvalue weighted by molar-refractivity contribution is 5.84. The Morgan fingerprint density at radius 3 is 2.48 bits per heavy atom. The zero-order valence-electron chi connectivity index (χ0n) is 16.7. The van der Waals surface area contributed by atoms with Gasteiger partial charge in [-0.05, 0) is 62.1 Å². The van der Waals surface area contributed by atoms with E-state index in [1.54, 1.807) is 42.2 Å². The van der Waals surface area contributed by atoms with Crippen molar-refractivity contribution in [3.8, 4) is 5.75 Å². The number of phenolic OH excluding ortho intramolecular Hbond substituents is 1. The third-order valence-corrected chi connectivity index (χ3v) is 5.47. The van der Waals surface area contributed by atoms with Crippen LogP contribution in [0.5, 0.6) is 5.75 Å². The van der Waals surface area contributed by atoms with Gasteiger partial charge in [-0.2, -0.15) is 0 Å². The number of hydrogen-bond acceptors (Lipinski definition) is 3. The lowest BCUT2D eigenvalue weighted by Crippen LogP contribution is -2.47. The summed E-state index contributed by atoms with van der Waals surface area (Å²) in [5.41, 5.74) is 1.41. The van der Waals surface area contributed by atoms with Crippen LogP contribution in [-0.2, 0) is 11.3 Å². The van der Waals surface area contributed by atoms with Gasteiger partial charge in [0, 0.05) is 19.6 Å². The molecule has 2 saturated heterocycles. The van der Waals surface area contributed by atoms with E-state index in [1.807, 2.05) is 17.0 Å². The predicted octanol–water partition coefficient (Wildman–Crippen LogP) is 4.06. The first-order valence-electron chi connectivity index (χ1n) is 10.1. The second kappa shape index (κ2) is 9.83. The molecular weight excluding hydrogens is 374 g/mol. The second-order valence-corrected chi connectivity index (χ2v) is 7.72. The maximum atomic E-state index is 13.6. The van der Waals surface area contributed by atoms with Gasteiger partial charge < -0.3 is 10.0 Å². The van der Waals surface area contributed by atoms with E-state index in [1.165, 1.54) is 6.07 Å². The zero-order chi connectivity index (χ0) is 20.8. The molecule has 4 rings (SSSR count). The SMILES string of the molecule is Cc1ccc(CN2CCC(N3CCCC(F)C3)C2=O)cc1F.Oc1ccccc1. The lowest BCUT2D eigenvalue weighted by molar-refractivity contribution is -0.133. The molecule has 6 heteroatoms. The van der Waals surface area contributed by atoms with Gasteiger partial charge in [0.1, 0.15) is 17.7 Å². The van der Waals surface area contributed by atoms with Gasteiger partial charge in [-0.1, -0.05) is 30.3 Å². The van der Waals surface area contributed by atoms with Crippen LogP contribution in [0.4, 0.5) is 8.78 Å². The van der Waals surface area contributed by atoms with Crippen molar-refractivity contribution in [1.82, 2.24) is 9.80 Å². The molecule has 0 spiro atoms. The molecule has 2 aliphatic rings. The van der Waals surface area contributed by atoms with E-state index >= 15 is 0 Å². The molecular formula is C23H28F2N2O2. The number of hydrogen-bond donors (Lipinski definition) is 1. The molecule has 0 aliphatic carbocycles. The van der Waals surface area contributed by atoms with Crippen LogP contribution in [0.2, 0.25) is 0 Å². The number of carbonyl (C=O) groups is 1. The van der Waals surface area contributed by atoms with Gasteiger partial charge in [-0.15, -0.1) is 0 Å². The summed E-state index contributed by atoms with van der Waals surface area (Å²) in [6, 6.07) is 13.6. The fraction of sp³-hybridized carbons (Fsp3) is 0.435. The Bertz CT molecular complexity index is 816. The molecule has 0 bridgehead atoms. The molecule has 2 heterocycles. The monoisotopic (exact) mass is 402 g/mol. The maximum Gasteiger partial charge on any atom is 0.240 e. The Hall–Kier alpha value is -2.47. The molecule has 2 unspecified atom stereocenters. The fourth-order valence-corrected chi connectivity index (χ4v) is 3.84. The number of piperidine rings is 1. The topological polar surface area (TPSA) is 43.8 Å². The van der Waals surface area contributed by atoms with Gasteiger partial charge in [-0.3, -0.25) is 9.69 Å². The van der Waals surface area contributed by atoms with Crippen molar-refractivity contribution in [3.05, 3.63) is 65.5 Å². The molecule has 4 nitrogen and oxygen atoms in total. The van der Waals surface area contributed by atoms with Crippen LogP contribution in [0.15, 0.2) is 48.5 Å². The van der Waals surface area contributed by atoms with Crippen molar-refractivity contribution in [3.63, 3.8) is 0 Å². The lowest BCUT2D eigenvalue weighted by Gasteiger charge is -2.32. The molecule has 29 heavy (non-hydrogen) atoms. The Labute approximate surface area is 170 Å². The van der Waals surface area contributed by atoms with E-state index in [4.69, 9.17) is 5.11 Å². The summed E-state index contributed by atoms with van der Waals surface area (Å²) >= 11 is 0. The molecule has 2 fully saturated rings. The number of para-hydroxylation sites is 1. The van der Waals surface area contributed by atoms with E-state index in [0.717, 1.165) is 24.9 Å². The minimum atomic E-state index is -0.818. The van der Waals surface area contributed by atoms with E-state index in [-0.39, 0.29) is 17.8 Å². The first-order chi connectivity index (χ1) is 13.9. The number of likely N-dealkylation sites (tertiary alicyclic amines) is 2. The first kappa shape index (κ1) is 21.2. The molecule has 2 aliphatic heterocycles. The lowest BCUT2D eigenvalue weighted by atomic mass is 10.1. The van der Waals surface area contributed by atoms with Gasteiger partial charge in [0.05, 0.1) is 6.04 Å². The Morgan fingerprint density at radius 1 is 1.10 bits per heavy atom. The molecule has 156 valence electrons. The highest BCUT2D eigenvalue weighted by atomic mass is 19.1. The zero-order valence-corrected chi connectivity index (χ0v) is 16.7. The van der Waals surface area contributed by atoms with Crippen molar-refractivity contribution < 1.29 is 18.7 Å². The molecule has 0 aromatic heterocycles. The normalized spacial score (nSPS) is 22.3. The smallest absolute Gasteiger partial charge is 0.240 e. The molecule has 0 saturated carbocycles. The number of carbonyl (C=O) groups excluding carboxylic acids is 1. The van der Waals surface area contributed by atoms with Crippen molar-refractivity contribution in [2.75, 3.05) is 19.6 Å². The number of benzene rings is 2. The highest BCUT2D eigenvalue weighted by Gasteiger charge is 2.37. The summed E-state index contributed by atoms with van der Waals surface area (Å²) in [5, 5.41) is 8.63. The average molecular weight is 402 g/mol. The molecule has 2 aromatic rings. The number of aryl methyl sites for hydroxylation is 1. The van der Waals surface area contributed by atoms with Gasteiger partial charge >= 0.3 is 0 Å². The summed E-state index contributed by atoms with van der Waals surface area (Å²) in [4.78, 5) is 16.3. The van der Waals surface area contributed by atoms with Crippen LogP contribution in [0.3, 0.4) is 0 Å². The van der Waals surface area contributed by atoms with Gasteiger partial charge in [0.2, 0.25) is 5.91 Å². The number of halogens is 2. The largest absolute Gasteiger partial charge is 0.508 e. The molecule has 2 aromatic carbocycles. The number of rotatable bonds is 3. The summed E-state index contributed by atoms with van der Waals surface area (Å²) in [7, 11) is 0. The predicted molar refractivity (Wildman–Crippen MR) is 109 cm³/mol. The minimum Gasteiger partial charge on any atom is -0.508 e. The minimum absolute atomic E-state index is 0.0510. The third-order valence-electron chi connectivity index (χ3n) is 5.47. The number of aromatic hydroxyl groups is 1. The molecule has 1 N–H and O–H groups in total. The molecule has 2 atom stereocenters. The Morgan fingerprint density at radius 2 is 1.86 bits per heavy atom. The van der Waals surface area contributed by atoms with Crippen molar-refractivity contribution in [2.45, 2.75) is 44.9 Å². The highest BCUT2D eigenvalue weighted by Crippen LogP contribution is 2.24. The maximum absolute atomic E-state index is 13.6. The first-order valence-corrected chi connectivity index (χ1v) is 10.1. The van der Waals surface area contributed by atoms with Crippen LogP contribution in [0, 0.1) is 12.7 Å². The fourth-order valence-electron chi connectivity index (χ4n) is 3.84. The summed E-state index contributed by atoms with van der Waals surface area (Å²) in [5.74, 6) is 0.134. The number of alkyl halides is 1. The number of phenols is 1. The van der Waals surface area contributed by atoms with Crippen LogP contribution in [0.25, 0.3) is 0 Å². The summed E-state index contributed by atoms with van der Waals surface area (Å²) < 4.78 is 27.1. The summed E-state index contributed by atoms with van der Waals surface area (Å²) in [6.07, 6.45) is 1.33. The van der Waals surface area contributed by atoms with Crippen LogP contribution < -0.4 is 0 Å². The van der Waals surface area contributed by atoms with E-state index in [9.17, 15) is 13.6 Å². The van der Waals surface area contributed by atoms with Crippen molar-refractivity contribution in [2.24, 2.45) is 0 Å². The number of amides is 1. The van der Waals surface area contributed by atoms with Crippen molar-refractivity contribution in [1.29, 1.82) is 0 Å². The quantitative estimate of drug-likeness (QED) is 0.842. The molecule has 0 radical (unpaired) electrons. The van der Waals surface area contributed by atoms with Crippen molar-refractivity contribution >= 4 is 5.91 Å². The Kier molecular flexibility index (Phi) is 7.20. The van der Waals surface area contributed by atoms with Crippen LogP contribution in [0.1, 0.15) is 30.4 Å². The summed E-state index contributed by atoms with van der Waals surface area (Å²) in [6.45, 7) is 3.97. The van der Waals surface area contributed by atoms with Gasteiger partial charge in [0.15, 0.2) is 0 Å². The van der Waals surface area contributed by atoms with Crippen LogP contribution >= 0.6 is 0 Å². The average Bonchev–Trinajstić information content (AvgIpc) is 3.06.